The van der Waals surface area contributed by atoms with E-state index in [1.807, 2.05) is 50.3 Å². The normalized spacial score (nSPS) is 11.0. The van der Waals surface area contributed by atoms with Crippen LogP contribution in [-0.2, 0) is 0 Å². The van der Waals surface area contributed by atoms with E-state index in [2.05, 4.69) is 10.4 Å². The van der Waals surface area contributed by atoms with Gasteiger partial charge in [-0.1, -0.05) is 0 Å². The number of aryl methyl sites for hydroxylation is 1. The van der Waals surface area contributed by atoms with Crippen LogP contribution in [0.5, 0.6) is 0 Å². The second-order valence-corrected chi connectivity index (χ2v) is 4.09. The number of fused-ring (bicyclic) bond motifs is 1. The first kappa shape index (κ1) is 10.7. The number of nitrogen functional groups attached to an aromatic ring is 1. The van der Waals surface area contributed by atoms with Crippen molar-refractivity contribution in [2.24, 2.45) is 0 Å². The second-order valence-electron chi connectivity index (χ2n) is 4.09. The van der Waals surface area contributed by atoms with Gasteiger partial charge in [-0.15, -0.1) is 0 Å². The van der Waals surface area contributed by atoms with E-state index >= 15 is 0 Å². The van der Waals surface area contributed by atoms with Gasteiger partial charge in [-0.2, -0.15) is 0 Å². The molecule has 0 radical (unpaired) electrons. The molecule has 84 valence electrons. The fourth-order valence-electron chi connectivity index (χ4n) is 1.71. The van der Waals surface area contributed by atoms with Crippen LogP contribution < -0.4 is 11.2 Å². The molecule has 0 fully saturated rings. The summed E-state index contributed by atoms with van der Waals surface area (Å²) in [5.41, 5.74) is 12.8. The summed E-state index contributed by atoms with van der Waals surface area (Å²) in [5, 5.41) is 2.94. The highest BCUT2D eigenvalue weighted by Gasteiger charge is 2.04. The first-order valence-corrected chi connectivity index (χ1v) is 5.17. The van der Waals surface area contributed by atoms with Gasteiger partial charge < -0.3 is 11.2 Å². The highest BCUT2D eigenvalue weighted by atomic mass is 15.5. The Bertz CT molecular complexity index is 520. The fourth-order valence-corrected chi connectivity index (χ4v) is 1.71. The SMILES string of the molecule is Cc1cc(NN(C)C)c2cc(N)ccc2n1. The third-order valence-corrected chi connectivity index (χ3v) is 2.30. The van der Waals surface area contributed by atoms with Crippen LogP contribution in [0, 0.1) is 6.92 Å². The van der Waals surface area contributed by atoms with E-state index in [0.29, 0.717) is 0 Å². The van der Waals surface area contributed by atoms with Crippen LogP contribution in [0.2, 0.25) is 0 Å². The molecule has 1 aromatic carbocycles. The van der Waals surface area contributed by atoms with Crippen LogP contribution >= 0.6 is 0 Å². The number of anilines is 2. The summed E-state index contributed by atoms with van der Waals surface area (Å²) < 4.78 is 0. The molecule has 0 aliphatic heterocycles. The van der Waals surface area contributed by atoms with E-state index in [1.165, 1.54) is 0 Å². The van der Waals surface area contributed by atoms with Crippen LogP contribution in [0.15, 0.2) is 24.3 Å². The van der Waals surface area contributed by atoms with Crippen molar-refractivity contribution >= 4 is 22.3 Å². The third-order valence-electron chi connectivity index (χ3n) is 2.30. The number of hydrogen-bond acceptors (Lipinski definition) is 4. The van der Waals surface area contributed by atoms with Gasteiger partial charge in [0.15, 0.2) is 0 Å². The molecule has 0 saturated carbocycles. The first-order chi connectivity index (χ1) is 7.56. The summed E-state index contributed by atoms with van der Waals surface area (Å²) in [5.74, 6) is 0. The van der Waals surface area contributed by atoms with E-state index in [4.69, 9.17) is 5.73 Å². The molecule has 0 unspecified atom stereocenters. The number of nitrogens with one attached hydrogen (secondary N) is 1. The molecule has 0 aliphatic rings. The van der Waals surface area contributed by atoms with E-state index < -0.39 is 0 Å². The topological polar surface area (TPSA) is 54.2 Å². The molecule has 4 heteroatoms. The lowest BCUT2D eigenvalue weighted by Crippen LogP contribution is -2.19. The van der Waals surface area contributed by atoms with Crippen molar-refractivity contribution in [3.63, 3.8) is 0 Å². The van der Waals surface area contributed by atoms with Crippen molar-refractivity contribution in [2.75, 3.05) is 25.3 Å². The monoisotopic (exact) mass is 216 g/mol. The lowest BCUT2D eigenvalue weighted by atomic mass is 10.1. The molecular weight excluding hydrogens is 200 g/mol. The average Bonchev–Trinajstić information content (AvgIpc) is 2.18. The molecular formula is C12H16N4. The quantitative estimate of drug-likeness (QED) is 0.595. The van der Waals surface area contributed by atoms with Crippen LogP contribution in [0.25, 0.3) is 10.9 Å². The van der Waals surface area contributed by atoms with Gasteiger partial charge in [0.05, 0.1) is 11.2 Å². The number of pyridine rings is 1. The zero-order chi connectivity index (χ0) is 11.7. The van der Waals surface area contributed by atoms with Crippen molar-refractivity contribution in [3.05, 3.63) is 30.0 Å². The van der Waals surface area contributed by atoms with E-state index in [9.17, 15) is 0 Å². The molecule has 1 aromatic heterocycles. The van der Waals surface area contributed by atoms with Gasteiger partial charge in [0.2, 0.25) is 0 Å². The molecule has 0 amide bonds. The number of hydrogen-bond donors (Lipinski definition) is 2. The standard InChI is InChI=1S/C12H16N4/c1-8-6-12(15-16(2)3)10-7-9(13)4-5-11(10)14-8/h4-7H,13H2,1-3H3,(H,14,15). The van der Waals surface area contributed by atoms with Gasteiger partial charge in [0.1, 0.15) is 0 Å². The smallest absolute Gasteiger partial charge is 0.0727 e. The number of aromatic nitrogens is 1. The zero-order valence-corrected chi connectivity index (χ0v) is 9.78. The number of nitrogens with two attached hydrogens (primary N) is 1. The molecule has 2 rings (SSSR count). The van der Waals surface area contributed by atoms with Crippen molar-refractivity contribution in [1.29, 1.82) is 0 Å². The highest BCUT2D eigenvalue weighted by Crippen LogP contribution is 2.25. The zero-order valence-electron chi connectivity index (χ0n) is 9.78. The highest BCUT2D eigenvalue weighted by molar-refractivity contribution is 5.93. The number of nitrogens with zero attached hydrogens (tertiary/aromatic N) is 2. The average molecular weight is 216 g/mol. The molecule has 0 spiro atoms. The maximum Gasteiger partial charge on any atom is 0.0727 e. The van der Waals surface area contributed by atoms with Crippen LogP contribution in [0.1, 0.15) is 5.69 Å². The van der Waals surface area contributed by atoms with Gasteiger partial charge in [-0.05, 0) is 31.2 Å². The Hall–Kier alpha value is -1.81. The van der Waals surface area contributed by atoms with Crippen LogP contribution in [0.3, 0.4) is 0 Å². The van der Waals surface area contributed by atoms with Gasteiger partial charge in [0.25, 0.3) is 0 Å². The van der Waals surface area contributed by atoms with Gasteiger partial charge >= 0.3 is 0 Å². The molecule has 1 heterocycles. The summed E-state index contributed by atoms with van der Waals surface area (Å²) in [6.45, 7) is 1.98. The summed E-state index contributed by atoms with van der Waals surface area (Å²) in [6.07, 6.45) is 0. The lowest BCUT2D eigenvalue weighted by molar-refractivity contribution is 0.496. The Morgan fingerprint density at radius 2 is 2.00 bits per heavy atom. The molecule has 0 saturated heterocycles. The van der Waals surface area contributed by atoms with Crippen molar-refractivity contribution in [1.82, 2.24) is 9.99 Å². The summed E-state index contributed by atoms with van der Waals surface area (Å²) in [4.78, 5) is 4.47. The third kappa shape index (κ3) is 2.06. The minimum absolute atomic E-state index is 0.750. The van der Waals surface area contributed by atoms with E-state index in [0.717, 1.165) is 28.0 Å². The molecule has 0 bridgehead atoms. The van der Waals surface area contributed by atoms with Crippen molar-refractivity contribution in [3.8, 4) is 0 Å². The summed E-state index contributed by atoms with van der Waals surface area (Å²) >= 11 is 0. The van der Waals surface area contributed by atoms with Gasteiger partial charge in [0, 0.05) is 30.9 Å². The molecule has 0 aliphatic carbocycles. The molecule has 0 atom stereocenters. The Kier molecular flexibility index (Phi) is 2.66. The minimum Gasteiger partial charge on any atom is -0.399 e. The Morgan fingerprint density at radius 3 is 2.69 bits per heavy atom. The van der Waals surface area contributed by atoms with Crippen LogP contribution in [-0.4, -0.2) is 24.1 Å². The van der Waals surface area contributed by atoms with Crippen LogP contribution in [0.4, 0.5) is 11.4 Å². The Morgan fingerprint density at radius 1 is 1.25 bits per heavy atom. The summed E-state index contributed by atoms with van der Waals surface area (Å²) in [6, 6.07) is 7.77. The van der Waals surface area contributed by atoms with Gasteiger partial charge in [-0.25, -0.2) is 5.01 Å². The maximum atomic E-state index is 5.79. The number of hydrazine groups is 1. The largest absolute Gasteiger partial charge is 0.399 e. The fraction of sp³-hybridized carbons (Fsp3) is 0.250. The lowest BCUT2D eigenvalue weighted by Gasteiger charge is -2.16. The van der Waals surface area contributed by atoms with Gasteiger partial charge in [-0.3, -0.25) is 4.98 Å². The molecule has 3 N–H and O–H groups in total. The molecule has 4 nitrogen and oxygen atoms in total. The van der Waals surface area contributed by atoms with E-state index in [1.54, 1.807) is 0 Å². The predicted molar refractivity (Wildman–Crippen MR) is 68.2 cm³/mol. The number of benzene rings is 1. The molecule has 16 heavy (non-hydrogen) atoms. The van der Waals surface area contributed by atoms with E-state index in [-0.39, 0.29) is 0 Å². The number of rotatable bonds is 2. The molecule has 2 aromatic rings. The first-order valence-electron chi connectivity index (χ1n) is 5.17. The summed E-state index contributed by atoms with van der Waals surface area (Å²) in [7, 11) is 3.90. The Labute approximate surface area is 95.0 Å². The van der Waals surface area contributed by atoms with Crippen molar-refractivity contribution < 1.29 is 0 Å². The maximum absolute atomic E-state index is 5.79. The predicted octanol–water partition coefficient (Wildman–Crippen LogP) is 2.01. The minimum atomic E-state index is 0.750. The Balaban J connectivity index is 2.64. The van der Waals surface area contributed by atoms with Crippen molar-refractivity contribution in [2.45, 2.75) is 6.92 Å². The second kappa shape index (κ2) is 3.98.